The first-order valence-electron chi connectivity index (χ1n) is 13.7. The highest BCUT2D eigenvalue weighted by Crippen LogP contribution is 2.56. The Morgan fingerprint density at radius 2 is 1.35 bits per heavy atom. The molecule has 0 saturated carbocycles. The molecule has 43 heavy (non-hydrogen) atoms. The third-order valence-electron chi connectivity index (χ3n) is 8.23. The molecule has 0 aromatic heterocycles. The molecule has 2 saturated heterocycles. The van der Waals surface area contributed by atoms with Gasteiger partial charge < -0.3 is 74.0 Å². The minimum Gasteiger partial charge on any atom is -0.497 e. The Balaban J connectivity index is 1.37. The number of hydrogen-bond donors (Lipinski definition) is 8. The normalized spacial score (nSPS) is 38.2. The second-order valence-electron chi connectivity index (χ2n) is 10.8. The third kappa shape index (κ3) is 5.14. The molecule has 2 aromatic rings. The summed E-state index contributed by atoms with van der Waals surface area (Å²) in [4.78, 5) is 0. The highest BCUT2D eigenvalue weighted by atomic mass is 16.7. The molecule has 0 radical (unpaired) electrons. The number of ether oxygens (including phenoxy) is 7. The van der Waals surface area contributed by atoms with Crippen LogP contribution < -0.4 is 23.7 Å². The Kier molecular flexibility index (Phi) is 8.29. The molecule has 6 rings (SSSR count). The van der Waals surface area contributed by atoms with Crippen LogP contribution in [0.15, 0.2) is 30.3 Å². The molecular formula is C28H34O15. The van der Waals surface area contributed by atoms with Crippen molar-refractivity contribution >= 4 is 0 Å². The van der Waals surface area contributed by atoms with E-state index in [9.17, 15) is 40.9 Å². The molecule has 4 aliphatic heterocycles. The van der Waals surface area contributed by atoms with Crippen molar-refractivity contribution in [2.45, 2.75) is 73.4 Å². The van der Waals surface area contributed by atoms with Gasteiger partial charge in [-0.3, -0.25) is 0 Å². The maximum absolute atomic E-state index is 10.7. The number of hydrogen-bond acceptors (Lipinski definition) is 15. The van der Waals surface area contributed by atoms with Crippen LogP contribution in [0.25, 0.3) is 0 Å². The smallest absolute Gasteiger partial charge is 0.229 e. The summed E-state index contributed by atoms with van der Waals surface area (Å²) in [5.74, 6) is 0.813. The van der Waals surface area contributed by atoms with Gasteiger partial charge in [-0.05, 0) is 18.2 Å². The first-order chi connectivity index (χ1) is 20.7. The average molecular weight is 611 g/mol. The molecular weight excluding hydrogens is 576 g/mol. The van der Waals surface area contributed by atoms with E-state index in [1.165, 1.54) is 6.07 Å². The van der Waals surface area contributed by atoms with Crippen LogP contribution in [-0.4, -0.2) is 129 Å². The van der Waals surface area contributed by atoms with Gasteiger partial charge in [0, 0.05) is 17.2 Å². The van der Waals surface area contributed by atoms with Crippen LogP contribution >= 0.6 is 0 Å². The zero-order chi connectivity index (χ0) is 30.6. The molecule has 4 heterocycles. The number of fused-ring (bicyclic) bond motifs is 5. The van der Waals surface area contributed by atoms with Crippen molar-refractivity contribution in [3.63, 3.8) is 0 Å². The van der Waals surface area contributed by atoms with Gasteiger partial charge in [0.05, 0.1) is 32.8 Å². The minimum absolute atomic E-state index is 0.111. The zero-order valence-electron chi connectivity index (χ0n) is 22.9. The summed E-state index contributed by atoms with van der Waals surface area (Å²) in [6.45, 7) is -1.24. The number of aliphatic hydroxyl groups is 8. The monoisotopic (exact) mass is 610 g/mol. The summed E-state index contributed by atoms with van der Waals surface area (Å²) >= 11 is 0. The maximum Gasteiger partial charge on any atom is 0.229 e. The lowest BCUT2D eigenvalue weighted by atomic mass is 9.89. The quantitative estimate of drug-likeness (QED) is 0.164. The molecule has 236 valence electrons. The summed E-state index contributed by atoms with van der Waals surface area (Å²) in [5.41, 5.74) is 1.42. The lowest BCUT2D eigenvalue weighted by molar-refractivity contribution is -0.282. The van der Waals surface area contributed by atoms with Gasteiger partial charge in [0.2, 0.25) is 18.3 Å². The van der Waals surface area contributed by atoms with E-state index in [4.69, 9.17) is 33.2 Å². The number of benzene rings is 2. The predicted octanol–water partition coefficient (Wildman–Crippen LogP) is -2.34. The molecule has 0 aliphatic carbocycles. The van der Waals surface area contributed by atoms with Crippen LogP contribution in [0.1, 0.15) is 23.1 Å². The molecule has 15 heteroatoms. The van der Waals surface area contributed by atoms with Gasteiger partial charge in [0.25, 0.3) is 0 Å². The second kappa shape index (κ2) is 11.9. The molecule has 2 fully saturated rings. The lowest BCUT2D eigenvalue weighted by Crippen LogP contribution is -2.60. The van der Waals surface area contributed by atoms with Crippen molar-refractivity contribution < 1.29 is 74.0 Å². The van der Waals surface area contributed by atoms with Crippen LogP contribution in [0, 0.1) is 0 Å². The molecule has 8 N–H and O–H groups in total. The maximum atomic E-state index is 10.7. The standard InChI is InChI=1S/C28H34O15/c1-37-10-2-3-11-13-9-38-25-12(24(13)39-15(11)6-10)4-5-14(40-27-22(35)20(33)18(31)16(7-29)41-27)26(25)43-28-23(36)21(34)19(32)17(8-30)42-28/h2-6,13,16-24,27-36H,7-9H2,1H3/t13-,16+,17+,18+,19+,20-,21-,22+,23+,24-,27+,28-/m0/s1. The molecule has 0 unspecified atom stereocenters. The van der Waals surface area contributed by atoms with Crippen molar-refractivity contribution in [1.82, 2.24) is 0 Å². The van der Waals surface area contributed by atoms with E-state index in [1.54, 1.807) is 19.2 Å². The molecule has 15 nitrogen and oxygen atoms in total. The highest BCUT2D eigenvalue weighted by molar-refractivity contribution is 5.60. The van der Waals surface area contributed by atoms with Crippen LogP contribution in [0.4, 0.5) is 0 Å². The molecule has 0 amide bonds. The van der Waals surface area contributed by atoms with E-state index in [0.717, 1.165) is 5.56 Å². The first kappa shape index (κ1) is 30.1. The van der Waals surface area contributed by atoms with E-state index in [-0.39, 0.29) is 29.8 Å². The fourth-order valence-electron chi connectivity index (χ4n) is 5.77. The van der Waals surface area contributed by atoms with Crippen molar-refractivity contribution in [2.75, 3.05) is 26.9 Å². The van der Waals surface area contributed by atoms with Gasteiger partial charge >= 0.3 is 0 Å². The fourth-order valence-corrected chi connectivity index (χ4v) is 5.77. The molecule has 2 aromatic carbocycles. The van der Waals surface area contributed by atoms with E-state index >= 15 is 0 Å². The summed E-state index contributed by atoms with van der Waals surface area (Å²) in [5, 5.41) is 81.5. The Labute approximate surface area is 244 Å². The van der Waals surface area contributed by atoms with Crippen LogP contribution in [0.2, 0.25) is 0 Å². The Morgan fingerprint density at radius 3 is 1.95 bits per heavy atom. The largest absolute Gasteiger partial charge is 0.497 e. The summed E-state index contributed by atoms with van der Waals surface area (Å²) in [7, 11) is 1.54. The van der Waals surface area contributed by atoms with Gasteiger partial charge in [-0.15, -0.1) is 0 Å². The van der Waals surface area contributed by atoms with Crippen LogP contribution in [0.3, 0.4) is 0 Å². The van der Waals surface area contributed by atoms with Gasteiger partial charge in [-0.2, -0.15) is 0 Å². The highest BCUT2D eigenvalue weighted by Gasteiger charge is 2.49. The SMILES string of the molecule is COc1ccc2c(c1)O[C@H]1c3ccc(O[C@@H]4O[C@H](CO)[C@@H](O)[C@H](O)[C@H]4O)c(O[C@@H]4O[C@H](CO)[C@@H](O)[C@H](O)[C@H]4O)c3OC[C@@H]21. The van der Waals surface area contributed by atoms with Crippen molar-refractivity contribution in [1.29, 1.82) is 0 Å². The van der Waals surface area contributed by atoms with E-state index in [2.05, 4.69) is 0 Å². The molecule has 0 spiro atoms. The third-order valence-corrected chi connectivity index (χ3v) is 8.23. The predicted molar refractivity (Wildman–Crippen MR) is 140 cm³/mol. The number of methoxy groups -OCH3 is 1. The van der Waals surface area contributed by atoms with E-state index < -0.39 is 80.7 Å². The molecule has 12 atom stereocenters. The fraction of sp³-hybridized carbons (Fsp3) is 0.571. The zero-order valence-corrected chi connectivity index (χ0v) is 22.9. The van der Waals surface area contributed by atoms with Crippen molar-refractivity contribution in [3.05, 3.63) is 41.5 Å². The summed E-state index contributed by atoms with van der Waals surface area (Å²) < 4.78 is 40.7. The van der Waals surface area contributed by atoms with E-state index in [0.29, 0.717) is 17.1 Å². The van der Waals surface area contributed by atoms with Crippen LogP contribution in [-0.2, 0) is 9.47 Å². The second-order valence-corrected chi connectivity index (χ2v) is 10.8. The van der Waals surface area contributed by atoms with Gasteiger partial charge in [0.15, 0.2) is 11.5 Å². The van der Waals surface area contributed by atoms with Gasteiger partial charge in [0.1, 0.15) is 66.4 Å². The summed E-state index contributed by atoms with van der Waals surface area (Å²) in [6.07, 6.45) is -16.5. The minimum atomic E-state index is -1.77. The molecule has 4 aliphatic rings. The van der Waals surface area contributed by atoms with E-state index in [1.807, 2.05) is 12.1 Å². The number of aliphatic hydroxyl groups excluding tert-OH is 8. The van der Waals surface area contributed by atoms with Gasteiger partial charge in [-0.25, -0.2) is 0 Å². The topological polar surface area (TPSA) is 226 Å². The average Bonchev–Trinajstić information content (AvgIpc) is 3.40. The van der Waals surface area contributed by atoms with Crippen molar-refractivity contribution in [2.24, 2.45) is 0 Å². The summed E-state index contributed by atoms with van der Waals surface area (Å²) in [6, 6.07) is 8.53. The Hall–Kier alpha value is -2.96. The Bertz CT molecular complexity index is 1300. The van der Waals surface area contributed by atoms with Gasteiger partial charge in [-0.1, -0.05) is 6.07 Å². The van der Waals surface area contributed by atoms with Crippen LogP contribution in [0.5, 0.6) is 28.7 Å². The number of rotatable bonds is 7. The molecule has 0 bridgehead atoms. The van der Waals surface area contributed by atoms with Crippen molar-refractivity contribution in [3.8, 4) is 28.7 Å². The first-order valence-corrected chi connectivity index (χ1v) is 13.7. The lowest BCUT2D eigenvalue weighted by Gasteiger charge is -2.41. The Morgan fingerprint density at radius 1 is 0.744 bits per heavy atom.